The van der Waals surface area contributed by atoms with Crippen LogP contribution in [0.4, 0.5) is 8.78 Å². The normalized spacial score (nSPS) is 12.0. The van der Waals surface area contributed by atoms with Crippen molar-refractivity contribution in [2.45, 2.75) is 26.2 Å². The molecule has 0 saturated heterocycles. The van der Waals surface area contributed by atoms with Gasteiger partial charge in [-0.2, -0.15) is 0 Å². The second kappa shape index (κ2) is 5.51. The maximum atomic E-state index is 13.0. The summed E-state index contributed by atoms with van der Waals surface area (Å²) in [5, 5.41) is 0. The third-order valence-corrected chi connectivity index (χ3v) is 2.04. The van der Waals surface area contributed by atoms with Crippen LogP contribution >= 0.6 is 0 Å². The summed E-state index contributed by atoms with van der Waals surface area (Å²) in [6.07, 6.45) is 0.844. The second-order valence-electron chi connectivity index (χ2n) is 2.88. The summed E-state index contributed by atoms with van der Waals surface area (Å²) >= 11 is 0. The molecule has 0 heterocycles. The number of halogens is 2. The van der Waals surface area contributed by atoms with E-state index in [-0.39, 0.29) is 27.6 Å². The maximum absolute atomic E-state index is 13.0. The minimum absolute atomic E-state index is 0. The van der Waals surface area contributed by atoms with E-state index < -0.39 is 11.6 Å². The van der Waals surface area contributed by atoms with E-state index in [9.17, 15) is 8.78 Å². The quantitative estimate of drug-likeness (QED) is 0.667. The molecule has 13 heavy (non-hydrogen) atoms. The molecule has 0 aromatic heterocycles. The van der Waals surface area contributed by atoms with Gasteiger partial charge in [0.05, 0.1) is 6.07 Å². The molecule has 0 saturated carbocycles. The third kappa shape index (κ3) is 3.20. The first-order valence-corrected chi connectivity index (χ1v) is 4.02. The van der Waals surface area contributed by atoms with Gasteiger partial charge in [0.25, 0.3) is 0 Å². The predicted molar refractivity (Wildman–Crippen MR) is 43.9 cm³/mol. The van der Waals surface area contributed by atoms with Crippen LogP contribution in [0.3, 0.4) is 0 Å². The van der Waals surface area contributed by atoms with Crippen LogP contribution in [-0.4, -0.2) is 0 Å². The van der Waals surface area contributed by atoms with Gasteiger partial charge in [-0.25, -0.2) is 8.78 Å². The minimum atomic E-state index is -0.639. The molecule has 0 aliphatic carbocycles. The maximum Gasteiger partial charge on any atom is 0.137 e. The fraction of sp³-hybridized carbons (Fsp3) is 0.400. The summed E-state index contributed by atoms with van der Waals surface area (Å²) in [7, 11) is 0. The second-order valence-corrected chi connectivity index (χ2v) is 2.88. The first kappa shape index (κ1) is 12.8. The Kier molecular flexibility index (Phi) is 5.42. The van der Waals surface area contributed by atoms with Crippen LogP contribution in [0.25, 0.3) is 0 Å². The van der Waals surface area contributed by atoms with E-state index in [1.165, 1.54) is 12.1 Å². The molecule has 0 spiro atoms. The van der Waals surface area contributed by atoms with Crippen molar-refractivity contribution in [1.29, 1.82) is 0 Å². The molecule has 1 unspecified atom stereocenters. The Balaban J connectivity index is 0.00000144. The zero-order valence-corrected chi connectivity index (χ0v) is 9.26. The number of rotatable bonds is 2. The summed E-state index contributed by atoms with van der Waals surface area (Å²) in [5.74, 6) is -1.08. The van der Waals surface area contributed by atoms with E-state index in [0.717, 1.165) is 6.42 Å². The van der Waals surface area contributed by atoms with Crippen molar-refractivity contribution in [3.63, 3.8) is 0 Å². The zero-order chi connectivity index (χ0) is 9.14. The summed E-state index contributed by atoms with van der Waals surface area (Å²) in [6.45, 7) is 3.87. The van der Waals surface area contributed by atoms with Crippen molar-refractivity contribution >= 4 is 0 Å². The Bertz CT molecular complexity index is 274. The number of benzene rings is 1. The van der Waals surface area contributed by atoms with Crippen molar-refractivity contribution < 1.29 is 30.5 Å². The van der Waals surface area contributed by atoms with Gasteiger partial charge >= 0.3 is 0 Å². The van der Waals surface area contributed by atoms with Gasteiger partial charge in [-0.15, -0.1) is 0 Å². The smallest absolute Gasteiger partial charge is 0.137 e. The van der Waals surface area contributed by atoms with E-state index >= 15 is 0 Å². The number of hydrogen-bond acceptors (Lipinski definition) is 0. The minimum Gasteiger partial charge on any atom is -0.206 e. The SMILES string of the molecule is CCC(C)c1ccc(F)[c]c1F.[Ti]. The number of hydrogen-bond donors (Lipinski definition) is 0. The van der Waals surface area contributed by atoms with Crippen molar-refractivity contribution in [3.8, 4) is 0 Å². The van der Waals surface area contributed by atoms with Gasteiger partial charge in [-0.3, -0.25) is 0 Å². The first-order chi connectivity index (χ1) is 5.65. The molecule has 1 aromatic carbocycles. The van der Waals surface area contributed by atoms with E-state index in [1.807, 2.05) is 19.9 Å². The van der Waals surface area contributed by atoms with Gasteiger partial charge in [0.15, 0.2) is 0 Å². The Morgan fingerprint density at radius 1 is 1.38 bits per heavy atom. The average molecular weight is 217 g/mol. The topological polar surface area (TPSA) is 0 Å². The van der Waals surface area contributed by atoms with Crippen LogP contribution in [0.15, 0.2) is 12.1 Å². The van der Waals surface area contributed by atoms with Gasteiger partial charge in [0.1, 0.15) is 11.6 Å². The first-order valence-electron chi connectivity index (χ1n) is 4.02. The van der Waals surface area contributed by atoms with Crippen LogP contribution in [0, 0.1) is 17.7 Å². The Hall–Kier alpha value is -0.206. The average Bonchev–Trinajstić information content (AvgIpc) is 2.03. The molecule has 0 N–H and O–H groups in total. The van der Waals surface area contributed by atoms with E-state index in [0.29, 0.717) is 5.56 Å². The molecule has 0 nitrogen and oxygen atoms in total. The molecule has 69 valence electrons. The summed E-state index contributed by atoms with van der Waals surface area (Å²) in [5.41, 5.74) is 0.541. The summed E-state index contributed by atoms with van der Waals surface area (Å²) in [4.78, 5) is 0. The molecule has 0 bridgehead atoms. The molecule has 0 fully saturated rings. The van der Waals surface area contributed by atoms with Gasteiger partial charge in [0, 0.05) is 21.7 Å². The van der Waals surface area contributed by atoms with Gasteiger partial charge < -0.3 is 0 Å². The summed E-state index contributed by atoms with van der Waals surface area (Å²) < 4.78 is 25.4. The standard InChI is InChI=1S/C10H11F2.Ti/c1-3-7(2)9-5-4-8(11)6-10(9)12;/h4-5,7H,3H2,1-2H3;. The molecule has 0 aliphatic rings. The van der Waals surface area contributed by atoms with Crippen LogP contribution in [-0.2, 0) is 21.7 Å². The molecule has 1 atom stereocenters. The van der Waals surface area contributed by atoms with E-state index in [2.05, 4.69) is 0 Å². The van der Waals surface area contributed by atoms with Gasteiger partial charge in [0.2, 0.25) is 0 Å². The van der Waals surface area contributed by atoms with E-state index in [4.69, 9.17) is 0 Å². The molecule has 1 radical (unpaired) electrons. The van der Waals surface area contributed by atoms with Gasteiger partial charge in [-0.05, 0) is 24.0 Å². The van der Waals surface area contributed by atoms with Crippen LogP contribution < -0.4 is 0 Å². The Morgan fingerprint density at radius 3 is 2.46 bits per heavy atom. The molecule has 3 heteroatoms. The fourth-order valence-corrected chi connectivity index (χ4v) is 1.06. The molecule has 0 aliphatic heterocycles. The largest absolute Gasteiger partial charge is 0.206 e. The summed E-state index contributed by atoms with van der Waals surface area (Å²) in [6, 6.07) is 4.74. The van der Waals surface area contributed by atoms with E-state index in [1.54, 1.807) is 0 Å². The van der Waals surface area contributed by atoms with Crippen LogP contribution in [0.1, 0.15) is 31.7 Å². The predicted octanol–water partition coefficient (Wildman–Crippen LogP) is 3.28. The zero-order valence-electron chi connectivity index (χ0n) is 7.70. The molecular formula is C10H11F2Ti. The Morgan fingerprint density at radius 2 is 2.00 bits per heavy atom. The van der Waals surface area contributed by atoms with Crippen molar-refractivity contribution in [3.05, 3.63) is 35.4 Å². The Labute approximate surface area is 92.2 Å². The van der Waals surface area contributed by atoms with Crippen LogP contribution in [0.5, 0.6) is 0 Å². The molecule has 0 amide bonds. The van der Waals surface area contributed by atoms with Gasteiger partial charge in [-0.1, -0.05) is 19.9 Å². The van der Waals surface area contributed by atoms with Crippen LogP contribution in [0.2, 0.25) is 0 Å². The monoisotopic (exact) mass is 217 g/mol. The third-order valence-electron chi connectivity index (χ3n) is 2.04. The van der Waals surface area contributed by atoms with Crippen molar-refractivity contribution in [2.24, 2.45) is 0 Å². The van der Waals surface area contributed by atoms with Crippen molar-refractivity contribution in [1.82, 2.24) is 0 Å². The molecule has 1 rings (SSSR count). The van der Waals surface area contributed by atoms with Crippen molar-refractivity contribution in [2.75, 3.05) is 0 Å². The fourth-order valence-electron chi connectivity index (χ4n) is 1.06. The molecule has 1 aromatic rings. The molecular weight excluding hydrogens is 206 g/mol.